The number of nitrogens with zero attached hydrogens (tertiary/aromatic N) is 1. The van der Waals surface area contributed by atoms with Crippen LogP contribution in [0.5, 0.6) is 0 Å². The topological polar surface area (TPSA) is 72.6 Å². The minimum Gasteiger partial charge on any atom is -0.398 e. The normalized spacial score (nSPS) is 17.3. The van der Waals surface area contributed by atoms with Gasteiger partial charge in [0, 0.05) is 32.5 Å². The molecule has 0 aliphatic carbocycles. The lowest BCUT2D eigenvalue weighted by Crippen LogP contribution is -2.34. The van der Waals surface area contributed by atoms with Crippen molar-refractivity contribution in [2.24, 2.45) is 5.92 Å². The van der Waals surface area contributed by atoms with E-state index in [1.165, 1.54) is 10.4 Å². The fourth-order valence-corrected chi connectivity index (χ4v) is 4.26. The maximum absolute atomic E-state index is 12.6. The summed E-state index contributed by atoms with van der Waals surface area (Å²) in [6.45, 7) is 3.65. The summed E-state index contributed by atoms with van der Waals surface area (Å²) < 4.78 is 31.9. The molecule has 1 aromatic carbocycles. The molecule has 0 radical (unpaired) electrons. The van der Waals surface area contributed by atoms with Crippen LogP contribution >= 0.6 is 11.6 Å². The van der Waals surface area contributed by atoms with E-state index in [0.29, 0.717) is 31.4 Å². The zero-order valence-corrected chi connectivity index (χ0v) is 13.9. The monoisotopic (exact) mass is 332 g/mol. The number of anilines is 1. The average Bonchev–Trinajstić information content (AvgIpc) is 2.43. The summed E-state index contributed by atoms with van der Waals surface area (Å²) in [6, 6.07) is 3.03. The highest BCUT2D eigenvalue weighted by Gasteiger charge is 2.27. The number of sulfonamides is 1. The van der Waals surface area contributed by atoms with Gasteiger partial charge < -0.3 is 10.5 Å². The average molecular weight is 333 g/mol. The summed E-state index contributed by atoms with van der Waals surface area (Å²) in [5.41, 5.74) is 7.01. The number of nitrogen functional groups attached to an aromatic ring is 1. The predicted octanol–water partition coefficient (Wildman–Crippen LogP) is 2.28. The molecule has 118 valence electrons. The summed E-state index contributed by atoms with van der Waals surface area (Å²) in [6.07, 6.45) is 1.76. The van der Waals surface area contributed by atoms with Crippen molar-refractivity contribution >= 4 is 27.3 Å². The Bertz CT molecular complexity index is 613. The lowest BCUT2D eigenvalue weighted by Gasteiger charge is -2.27. The Morgan fingerprint density at radius 1 is 1.38 bits per heavy atom. The van der Waals surface area contributed by atoms with Crippen molar-refractivity contribution in [2.75, 3.05) is 32.5 Å². The summed E-state index contributed by atoms with van der Waals surface area (Å²) >= 11 is 6.09. The molecule has 7 heteroatoms. The Balaban J connectivity index is 2.22. The van der Waals surface area contributed by atoms with Gasteiger partial charge in [-0.3, -0.25) is 0 Å². The first kappa shape index (κ1) is 16.5. The lowest BCUT2D eigenvalue weighted by molar-refractivity contribution is 0.0620. The van der Waals surface area contributed by atoms with E-state index in [1.54, 1.807) is 20.0 Å². The fraction of sp³-hybridized carbons (Fsp3) is 0.571. The first-order valence-corrected chi connectivity index (χ1v) is 8.74. The highest BCUT2D eigenvalue weighted by Crippen LogP contribution is 2.29. The quantitative estimate of drug-likeness (QED) is 0.858. The Morgan fingerprint density at radius 2 is 2.00 bits per heavy atom. The van der Waals surface area contributed by atoms with Gasteiger partial charge in [0.1, 0.15) is 4.90 Å². The van der Waals surface area contributed by atoms with Crippen LogP contribution < -0.4 is 5.73 Å². The molecule has 1 saturated heterocycles. The number of hydrogen-bond acceptors (Lipinski definition) is 4. The smallest absolute Gasteiger partial charge is 0.244 e. The van der Waals surface area contributed by atoms with E-state index in [2.05, 4.69) is 0 Å². The minimum atomic E-state index is -3.63. The van der Waals surface area contributed by atoms with Crippen LogP contribution in [-0.2, 0) is 14.8 Å². The van der Waals surface area contributed by atoms with Gasteiger partial charge in [-0.05, 0) is 43.4 Å². The van der Waals surface area contributed by atoms with E-state index in [9.17, 15) is 8.42 Å². The number of aryl methyl sites for hydroxylation is 1. The van der Waals surface area contributed by atoms with Crippen LogP contribution in [0.25, 0.3) is 0 Å². The number of nitrogens with two attached hydrogens (primary N) is 1. The van der Waals surface area contributed by atoms with Crippen molar-refractivity contribution in [1.82, 2.24) is 4.31 Å². The Labute approximate surface area is 131 Å². The van der Waals surface area contributed by atoms with Crippen molar-refractivity contribution < 1.29 is 13.2 Å². The second-order valence-corrected chi connectivity index (χ2v) is 7.90. The van der Waals surface area contributed by atoms with Crippen LogP contribution in [0.4, 0.5) is 5.69 Å². The fourth-order valence-electron chi connectivity index (χ4n) is 2.42. The van der Waals surface area contributed by atoms with Gasteiger partial charge in [0.2, 0.25) is 10.0 Å². The summed E-state index contributed by atoms with van der Waals surface area (Å²) in [5, 5.41) is 0.209. The van der Waals surface area contributed by atoms with E-state index < -0.39 is 10.0 Å². The highest BCUT2D eigenvalue weighted by molar-refractivity contribution is 7.89. The third-order valence-electron chi connectivity index (χ3n) is 3.86. The molecule has 0 amide bonds. The molecule has 0 saturated carbocycles. The van der Waals surface area contributed by atoms with Crippen LogP contribution in [0, 0.1) is 12.8 Å². The first-order chi connectivity index (χ1) is 9.82. The zero-order valence-electron chi connectivity index (χ0n) is 12.3. The van der Waals surface area contributed by atoms with Gasteiger partial charge in [0.25, 0.3) is 0 Å². The van der Waals surface area contributed by atoms with Crippen LogP contribution in [0.2, 0.25) is 5.02 Å². The van der Waals surface area contributed by atoms with E-state index >= 15 is 0 Å². The largest absolute Gasteiger partial charge is 0.398 e. The van der Waals surface area contributed by atoms with Gasteiger partial charge in [0.05, 0.1) is 5.02 Å². The highest BCUT2D eigenvalue weighted by atomic mass is 35.5. The van der Waals surface area contributed by atoms with E-state index in [-0.39, 0.29) is 9.92 Å². The SMILES string of the molecule is Cc1cc(Cl)c(S(=O)(=O)N(C)CC2CCOCC2)cc1N. The first-order valence-electron chi connectivity index (χ1n) is 6.92. The van der Waals surface area contributed by atoms with Crippen molar-refractivity contribution in [3.8, 4) is 0 Å². The summed E-state index contributed by atoms with van der Waals surface area (Å²) in [7, 11) is -2.05. The number of ether oxygens (including phenoxy) is 1. The Kier molecular flexibility index (Phi) is 5.14. The minimum absolute atomic E-state index is 0.0711. The molecule has 5 nitrogen and oxygen atoms in total. The van der Waals surface area contributed by atoms with Crippen LogP contribution in [-0.4, -0.2) is 39.5 Å². The summed E-state index contributed by atoms with van der Waals surface area (Å²) in [5.74, 6) is 0.320. The van der Waals surface area contributed by atoms with E-state index in [0.717, 1.165) is 18.4 Å². The number of rotatable bonds is 4. The van der Waals surface area contributed by atoms with Crippen LogP contribution in [0.3, 0.4) is 0 Å². The maximum Gasteiger partial charge on any atom is 0.244 e. The maximum atomic E-state index is 12.6. The molecule has 0 spiro atoms. The molecule has 0 bridgehead atoms. The lowest BCUT2D eigenvalue weighted by atomic mass is 10.0. The van der Waals surface area contributed by atoms with Gasteiger partial charge in [0.15, 0.2) is 0 Å². The Hall–Kier alpha value is -0.820. The molecule has 2 rings (SSSR count). The zero-order chi connectivity index (χ0) is 15.6. The summed E-state index contributed by atoms with van der Waals surface area (Å²) in [4.78, 5) is 0.0711. The second-order valence-electron chi connectivity index (χ2n) is 5.48. The van der Waals surface area contributed by atoms with Gasteiger partial charge in [-0.15, -0.1) is 0 Å². The molecule has 1 fully saturated rings. The molecule has 1 aromatic rings. The molecule has 21 heavy (non-hydrogen) atoms. The van der Waals surface area contributed by atoms with Crippen molar-refractivity contribution in [2.45, 2.75) is 24.7 Å². The molecule has 2 N–H and O–H groups in total. The van der Waals surface area contributed by atoms with Crippen molar-refractivity contribution in [3.63, 3.8) is 0 Å². The molecular formula is C14H21ClN2O3S. The molecule has 0 unspecified atom stereocenters. The van der Waals surface area contributed by atoms with E-state index in [4.69, 9.17) is 22.1 Å². The van der Waals surface area contributed by atoms with Crippen LogP contribution in [0.15, 0.2) is 17.0 Å². The van der Waals surface area contributed by atoms with Crippen molar-refractivity contribution in [1.29, 1.82) is 0 Å². The molecule has 0 aromatic heterocycles. The third-order valence-corrected chi connectivity index (χ3v) is 6.15. The molecule has 1 aliphatic heterocycles. The number of benzene rings is 1. The van der Waals surface area contributed by atoms with E-state index in [1.807, 2.05) is 0 Å². The standard InChI is InChI=1S/C14H21ClN2O3S/c1-10-7-12(15)14(8-13(10)16)21(18,19)17(2)9-11-3-5-20-6-4-11/h7-8,11H,3-6,9,16H2,1-2H3. The predicted molar refractivity (Wildman–Crippen MR) is 84.0 cm³/mol. The van der Waals surface area contributed by atoms with Gasteiger partial charge in [-0.25, -0.2) is 12.7 Å². The second kappa shape index (κ2) is 6.52. The third kappa shape index (κ3) is 3.69. The molecule has 0 atom stereocenters. The van der Waals surface area contributed by atoms with Gasteiger partial charge in [-0.1, -0.05) is 11.6 Å². The number of hydrogen-bond donors (Lipinski definition) is 1. The molecule has 1 aliphatic rings. The van der Waals surface area contributed by atoms with Crippen molar-refractivity contribution in [3.05, 3.63) is 22.7 Å². The van der Waals surface area contributed by atoms with Gasteiger partial charge in [-0.2, -0.15) is 0 Å². The number of halogens is 1. The molecule has 1 heterocycles. The van der Waals surface area contributed by atoms with Gasteiger partial charge >= 0.3 is 0 Å². The van der Waals surface area contributed by atoms with Crippen LogP contribution in [0.1, 0.15) is 18.4 Å². The Morgan fingerprint density at radius 3 is 2.62 bits per heavy atom. The molecular weight excluding hydrogens is 312 g/mol.